The van der Waals surface area contributed by atoms with Crippen LogP contribution in [-0.4, -0.2) is 24.7 Å². The molecule has 1 rings (SSSR count). The molecule has 0 aliphatic heterocycles. The van der Waals surface area contributed by atoms with Gasteiger partial charge in [0.05, 0.1) is 31.4 Å². The van der Waals surface area contributed by atoms with Crippen molar-refractivity contribution in [3.05, 3.63) is 17.3 Å². The van der Waals surface area contributed by atoms with E-state index in [1.807, 2.05) is 0 Å². The maximum atomic E-state index is 12.7. The number of rotatable bonds is 5. The highest BCUT2D eigenvalue weighted by Crippen LogP contribution is 2.31. The van der Waals surface area contributed by atoms with Gasteiger partial charge in [-0.05, 0) is 6.92 Å². The molecule has 0 fully saturated rings. The first kappa shape index (κ1) is 14.1. The monoisotopic (exact) mass is 260 g/mol. The van der Waals surface area contributed by atoms with Gasteiger partial charge in [-0.3, -0.25) is 4.79 Å². The van der Waals surface area contributed by atoms with Gasteiger partial charge in [-0.15, -0.1) is 0 Å². The minimum absolute atomic E-state index is 0.0463. The Morgan fingerprint density at radius 1 is 1.56 bits per heavy atom. The molecule has 18 heavy (non-hydrogen) atoms. The first-order valence-corrected chi connectivity index (χ1v) is 5.26. The molecule has 1 heterocycles. The van der Waals surface area contributed by atoms with Crippen LogP contribution in [0.1, 0.15) is 24.5 Å². The SMILES string of the molecule is CCOC(=O)Cc1c(OC)ncc(C(F)F)c1N. The molecule has 0 atom stereocenters. The fourth-order valence-electron chi connectivity index (χ4n) is 1.44. The number of nitrogens with zero attached hydrogens (tertiary/aromatic N) is 1. The summed E-state index contributed by atoms with van der Waals surface area (Å²) in [6, 6.07) is 0. The molecule has 0 aliphatic carbocycles. The molecule has 0 saturated heterocycles. The summed E-state index contributed by atoms with van der Waals surface area (Å²) in [6.07, 6.45) is -2.08. The molecule has 0 amide bonds. The van der Waals surface area contributed by atoms with Gasteiger partial charge in [-0.2, -0.15) is 0 Å². The molecular formula is C11H14F2N2O3. The summed E-state index contributed by atoms with van der Waals surface area (Å²) in [5, 5.41) is 0. The highest BCUT2D eigenvalue weighted by atomic mass is 19.3. The largest absolute Gasteiger partial charge is 0.481 e. The number of carbonyl (C=O) groups is 1. The summed E-state index contributed by atoms with van der Waals surface area (Å²) in [4.78, 5) is 15.1. The molecule has 0 aromatic carbocycles. The number of nitrogen functional groups attached to an aromatic ring is 1. The van der Waals surface area contributed by atoms with E-state index in [2.05, 4.69) is 4.98 Å². The number of ether oxygens (including phenoxy) is 2. The summed E-state index contributed by atoms with van der Waals surface area (Å²) >= 11 is 0. The van der Waals surface area contributed by atoms with Crippen molar-refractivity contribution in [2.45, 2.75) is 19.8 Å². The topological polar surface area (TPSA) is 74.4 Å². The molecule has 7 heteroatoms. The van der Waals surface area contributed by atoms with Crippen LogP contribution in [0.3, 0.4) is 0 Å². The number of halogens is 2. The number of alkyl halides is 2. The number of hydrogen-bond donors (Lipinski definition) is 1. The lowest BCUT2D eigenvalue weighted by atomic mass is 10.1. The first-order chi connectivity index (χ1) is 8.51. The quantitative estimate of drug-likeness (QED) is 0.816. The molecule has 100 valence electrons. The molecule has 0 radical (unpaired) electrons. The zero-order valence-electron chi connectivity index (χ0n) is 10.1. The highest BCUT2D eigenvalue weighted by molar-refractivity contribution is 5.76. The molecule has 2 N–H and O–H groups in total. The Bertz CT molecular complexity index is 439. The van der Waals surface area contributed by atoms with Crippen molar-refractivity contribution in [3.63, 3.8) is 0 Å². The molecule has 1 aromatic rings. The fraction of sp³-hybridized carbons (Fsp3) is 0.455. The van der Waals surface area contributed by atoms with Gasteiger partial charge in [0.15, 0.2) is 0 Å². The van der Waals surface area contributed by atoms with Crippen molar-refractivity contribution in [3.8, 4) is 5.88 Å². The molecule has 5 nitrogen and oxygen atoms in total. The van der Waals surface area contributed by atoms with E-state index in [9.17, 15) is 13.6 Å². The van der Waals surface area contributed by atoms with Gasteiger partial charge in [-0.1, -0.05) is 0 Å². The lowest BCUT2D eigenvalue weighted by molar-refractivity contribution is -0.142. The van der Waals surface area contributed by atoms with Crippen molar-refractivity contribution in [1.29, 1.82) is 0 Å². The predicted molar refractivity (Wildman–Crippen MR) is 60.5 cm³/mol. The second kappa shape index (κ2) is 6.13. The van der Waals surface area contributed by atoms with E-state index in [0.29, 0.717) is 0 Å². The fourth-order valence-corrected chi connectivity index (χ4v) is 1.44. The van der Waals surface area contributed by atoms with E-state index in [0.717, 1.165) is 6.20 Å². The van der Waals surface area contributed by atoms with E-state index in [1.54, 1.807) is 6.92 Å². The van der Waals surface area contributed by atoms with Gasteiger partial charge < -0.3 is 15.2 Å². The van der Waals surface area contributed by atoms with Gasteiger partial charge in [-0.25, -0.2) is 13.8 Å². The minimum Gasteiger partial charge on any atom is -0.481 e. The van der Waals surface area contributed by atoms with E-state index < -0.39 is 18.0 Å². The normalized spacial score (nSPS) is 10.5. The van der Waals surface area contributed by atoms with Crippen LogP contribution in [0.2, 0.25) is 0 Å². The van der Waals surface area contributed by atoms with Crippen molar-refractivity contribution in [1.82, 2.24) is 4.98 Å². The average Bonchev–Trinajstić information content (AvgIpc) is 2.31. The van der Waals surface area contributed by atoms with Crippen LogP contribution in [-0.2, 0) is 16.0 Å². The van der Waals surface area contributed by atoms with Gasteiger partial charge >= 0.3 is 5.97 Å². The summed E-state index contributed by atoms with van der Waals surface area (Å²) < 4.78 is 34.9. The third-order valence-corrected chi connectivity index (χ3v) is 2.27. The van der Waals surface area contributed by atoms with E-state index in [-0.39, 0.29) is 30.2 Å². The Kier molecular flexibility index (Phi) is 4.82. The number of carbonyl (C=O) groups excluding carboxylic acids is 1. The molecular weight excluding hydrogens is 246 g/mol. The summed E-state index contributed by atoms with van der Waals surface area (Å²) in [7, 11) is 1.32. The van der Waals surface area contributed by atoms with Gasteiger partial charge in [0.1, 0.15) is 0 Å². The Morgan fingerprint density at radius 3 is 2.72 bits per heavy atom. The number of pyridine rings is 1. The Morgan fingerprint density at radius 2 is 2.22 bits per heavy atom. The predicted octanol–water partition coefficient (Wildman–Crippen LogP) is 1.72. The van der Waals surface area contributed by atoms with Crippen LogP contribution in [0.25, 0.3) is 0 Å². The van der Waals surface area contributed by atoms with Crippen molar-refractivity contribution < 1.29 is 23.0 Å². The first-order valence-electron chi connectivity index (χ1n) is 5.26. The molecule has 0 spiro atoms. The van der Waals surface area contributed by atoms with E-state index in [1.165, 1.54) is 7.11 Å². The maximum Gasteiger partial charge on any atom is 0.310 e. The van der Waals surface area contributed by atoms with Gasteiger partial charge in [0, 0.05) is 11.8 Å². The second-order valence-corrected chi connectivity index (χ2v) is 3.40. The zero-order chi connectivity index (χ0) is 13.7. The number of hydrogen-bond acceptors (Lipinski definition) is 5. The van der Waals surface area contributed by atoms with Crippen LogP contribution in [0.4, 0.5) is 14.5 Å². The van der Waals surface area contributed by atoms with E-state index >= 15 is 0 Å². The average molecular weight is 260 g/mol. The Hall–Kier alpha value is -1.92. The summed E-state index contributed by atoms with van der Waals surface area (Å²) in [5.41, 5.74) is 5.11. The van der Waals surface area contributed by atoms with Crippen LogP contribution in [0, 0.1) is 0 Å². The van der Waals surface area contributed by atoms with Crippen molar-refractivity contribution >= 4 is 11.7 Å². The van der Waals surface area contributed by atoms with Gasteiger partial charge in [0.2, 0.25) is 5.88 Å². The summed E-state index contributed by atoms with van der Waals surface area (Å²) in [6.45, 7) is 1.84. The summed E-state index contributed by atoms with van der Waals surface area (Å²) in [5.74, 6) is -0.527. The number of nitrogens with two attached hydrogens (primary N) is 1. The smallest absolute Gasteiger partial charge is 0.310 e. The lowest BCUT2D eigenvalue weighted by Gasteiger charge is -2.13. The van der Waals surface area contributed by atoms with Crippen LogP contribution in [0.5, 0.6) is 5.88 Å². The van der Waals surface area contributed by atoms with Crippen LogP contribution >= 0.6 is 0 Å². The molecule has 0 aliphatic rings. The molecule has 1 aromatic heterocycles. The standard InChI is InChI=1S/C11H14F2N2O3/c1-3-18-8(16)4-6-9(14)7(10(12)13)5-15-11(6)17-2/h5,10H,3-4H2,1-2H3,(H2,14,15). The number of anilines is 1. The second-order valence-electron chi connectivity index (χ2n) is 3.40. The molecule has 0 bridgehead atoms. The minimum atomic E-state index is -2.76. The van der Waals surface area contributed by atoms with Crippen molar-refractivity contribution in [2.75, 3.05) is 19.5 Å². The number of methoxy groups -OCH3 is 1. The third kappa shape index (κ3) is 3.06. The number of esters is 1. The Labute approximate surface area is 103 Å². The van der Waals surface area contributed by atoms with Gasteiger partial charge in [0.25, 0.3) is 6.43 Å². The number of aromatic nitrogens is 1. The molecule has 0 unspecified atom stereocenters. The van der Waals surface area contributed by atoms with E-state index in [4.69, 9.17) is 15.2 Å². The third-order valence-electron chi connectivity index (χ3n) is 2.27. The maximum absolute atomic E-state index is 12.7. The Balaban J connectivity index is 3.13. The highest BCUT2D eigenvalue weighted by Gasteiger charge is 2.21. The molecule has 0 saturated carbocycles. The van der Waals surface area contributed by atoms with Crippen LogP contribution in [0.15, 0.2) is 6.20 Å². The zero-order valence-corrected chi connectivity index (χ0v) is 10.1. The van der Waals surface area contributed by atoms with Crippen LogP contribution < -0.4 is 10.5 Å². The van der Waals surface area contributed by atoms with Crippen molar-refractivity contribution in [2.24, 2.45) is 0 Å². The lowest BCUT2D eigenvalue weighted by Crippen LogP contribution is -2.12.